The van der Waals surface area contributed by atoms with Crippen molar-refractivity contribution in [3.8, 4) is 0 Å². The van der Waals surface area contributed by atoms with Crippen LogP contribution in [-0.2, 0) is 29.5 Å². The molecule has 0 radical (unpaired) electrons. The molecular weight excluding hydrogens is 450 g/mol. The predicted molar refractivity (Wildman–Crippen MR) is 72.4 cm³/mol. The van der Waals surface area contributed by atoms with Gasteiger partial charge in [-0.05, 0) is 24.3 Å². The number of halogens is 7. The highest BCUT2D eigenvalue weighted by Crippen LogP contribution is 2.40. The fourth-order valence-electron chi connectivity index (χ4n) is 1.45. The predicted octanol–water partition coefficient (Wildman–Crippen LogP) is 2.27. The number of rotatable bonds is 4. The van der Waals surface area contributed by atoms with E-state index in [1.54, 1.807) is 0 Å². The van der Waals surface area contributed by atoms with Crippen molar-refractivity contribution in [2.45, 2.75) is 19.8 Å². The molecule has 0 fully saturated rings. The summed E-state index contributed by atoms with van der Waals surface area (Å²) in [5.41, 5.74) is -13.2. The SMILES string of the molecule is O=S(=O)(c1ccc(Cl)cc1)C(S(=O)(=O)C(F)(F)F)S(=O)(=O)C(F)(F)F. The first kappa shape index (κ1) is 22.0. The third-order valence-electron chi connectivity index (χ3n) is 2.55. The Bertz CT molecular complexity index is 916. The van der Waals surface area contributed by atoms with Gasteiger partial charge in [0.1, 0.15) is 0 Å². The van der Waals surface area contributed by atoms with Crippen LogP contribution in [0, 0.1) is 0 Å². The van der Waals surface area contributed by atoms with E-state index in [1.807, 2.05) is 0 Å². The Morgan fingerprint density at radius 3 is 1.32 bits per heavy atom. The summed E-state index contributed by atoms with van der Waals surface area (Å²) >= 11 is 5.38. The molecule has 16 heteroatoms. The van der Waals surface area contributed by atoms with Gasteiger partial charge in [0.25, 0.3) is 23.6 Å². The van der Waals surface area contributed by atoms with Crippen LogP contribution >= 0.6 is 11.6 Å². The van der Waals surface area contributed by atoms with Gasteiger partial charge in [-0.15, -0.1) is 0 Å². The van der Waals surface area contributed by atoms with Crippen molar-refractivity contribution < 1.29 is 51.6 Å². The largest absolute Gasteiger partial charge is 0.499 e. The average molecular weight is 455 g/mol. The van der Waals surface area contributed by atoms with Gasteiger partial charge >= 0.3 is 11.0 Å². The van der Waals surface area contributed by atoms with Crippen LogP contribution in [0.5, 0.6) is 0 Å². The van der Waals surface area contributed by atoms with E-state index in [4.69, 9.17) is 11.6 Å². The van der Waals surface area contributed by atoms with E-state index in [0.717, 1.165) is 0 Å². The Morgan fingerprint density at radius 2 is 1.04 bits per heavy atom. The highest BCUT2D eigenvalue weighted by atomic mass is 35.5. The number of sulfone groups is 3. The van der Waals surface area contributed by atoms with Crippen molar-refractivity contribution in [3.63, 3.8) is 0 Å². The van der Waals surface area contributed by atoms with Crippen LogP contribution in [0.25, 0.3) is 0 Å². The van der Waals surface area contributed by atoms with Crippen LogP contribution < -0.4 is 0 Å². The maximum atomic E-state index is 12.6. The van der Waals surface area contributed by atoms with E-state index in [0.29, 0.717) is 24.3 Å². The van der Waals surface area contributed by atoms with Gasteiger partial charge in [-0.25, -0.2) is 25.3 Å². The molecule has 0 amide bonds. The molecule has 0 unspecified atom stereocenters. The smallest absolute Gasteiger partial charge is 0.221 e. The molecule has 0 spiro atoms. The van der Waals surface area contributed by atoms with Crippen molar-refractivity contribution >= 4 is 41.1 Å². The highest BCUT2D eigenvalue weighted by molar-refractivity contribution is 8.24. The minimum atomic E-state index is -7.32. The second-order valence-electron chi connectivity index (χ2n) is 4.27. The maximum Gasteiger partial charge on any atom is 0.499 e. The van der Waals surface area contributed by atoms with Gasteiger partial charge in [-0.3, -0.25) is 0 Å². The monoisotopic (exact) mass is 454 g/mol. The van der Waals surface area contributed by atoms with Gasteiger partial charge in [0.15, 0.2) is 0 Å². The van der Waals surface area contributed by atoms with Crippen LogP contribution in [0.3, 0.4) is 0 Å². The van der Waals surface area contributed by atoms with Crippen molar-refractivity contribution in [1.29, 1.82) is 0 Å². The summed E-state index contributed by atoms with van der Waals surface area (Å²) in [6.45, 7) is 0. The molecule has 1 aromatic rings. The van der Waals surface area contributed by atoms with Crippen LogP contribution in [0.1, 0.15) is 0 Å². The molecule has 0 N–H and O–H groups in total. The zero-order valence-electron chi connectivity index (χ0n) is 11.2. The molecule has 0 atom stereocenters. The number of hydrogen-bond donors (Lipinski definition) is 0. The first-order chi connectivity index (χ1) is 10.9. The van der Waals surface area contributed by atoms with Gasteiger partial charge < -0.3 is 0 Å². The molecule has 0 heterocycles. The molecular formula is C9H5ClF6O6S3. The third-order valence-corrected chi connectivity index (χ3v) is 11.1. The first-order valence-electron chi connectivity index (χ1n) is 5.46. The average Bonchev–Trinajstić information content (AvgIpc) is 2.35. The minimum absolute atomic E-state index is 0.201. The molecule has 0 aliphatic rings. The van der Waals surface area contributed by atoms with Crippen LogP contribution in [-0.4, -0.2) is 40.2 Å². The molecule has 1 rings (SSSR count). The van der Waals surface area contributed by atoms with E-state index < -0.39 is 49.3 Å². The quantitative estimate of drug-likeness (QED) is 0.647. The minimum Gasteiger partial charge on any atom is -0.221 e. The Balaban J connectivity index is 3.91. The zero-order chi connectivity index (χ0) is 20.1. The van der Waals surface area contributed by atoms with Crippen molar-refractivity contribution in [2.24, 2.45) is 0 Å². The summed E-state index contributed by atoms with van der Waals surface area (Å²) < 4.78 is 140. The molecule has 0 saturated heterocycles. The fraction of sp³-hybridized carbons (Fsp3) is 0.333. The number of hydrogen-bond acceptors (Lipinski definition) is 6. The molecule has 0 bridgehead atoms. The number of benzene rings is 1. The Hall–Kier alpha value is -1.06. The molecule has 1 aromatic carbocycles. The summed E-state index contributed by atoms with van der Waals surface area (Å²) in [5.74, 6) is 0. The number of alkyl halides is 6. The molecule has 0 aliphatic carbocycles. The highest BCUT2D eigenvalue weighted by Gasteiger charge is 2.68. The van der Waals surface area contributed by atoms with Crippen LogP contribution in [0.15, 0.2) is 29.2 Å². The summed E-state index contributed by atoms with van der Waals surface area (Å²) in [6, 6.07) is 2.13. The molecule has 0 saturated carbocycles. The zero-order valence-corrected chi connectivity index (χ0v) is 14.4. The van der Waals surface area contributed by atoms with Crippen molar-refractivity contribution in [1.82, 2.24) is 0 Å². The van der Waals surface area contributed by atoms with Gasteiger partial charge in [0, 0.05) is 5.02 Å². The van der Waals surface area contributed by atoms with E-state index in [2.05, 4.69) is 0 Å². The molecule has 0 aromatic heterocycles. The fourth-order valence-corrected chi connectivity index (χ4v) is 8.73. The van der Waals surface area contributed by atoms with Crippen molar-refractivity contribution in [3.05, 3.63) is 29.3 Å². The summed E-state index contributed by atoms with van der Waals surface area (Å²) in [4.78, 5) is -1.41. The molecule has 144 valence electrons. The summed E-state index contributed by atoms with van der Waals surface area (Å²) in [6.07, 6.45) is 0. The lowest BCUT2D eigenvalue weighted by Crippen LogP contribution is -2.49. The summed E-state index contributed by atoms with van der Waals surface area (Å²) in [5, 5.41) is -0.201. The maximum absolute atomic E-state index is 12.6. The second kappa shape index (κ2) is 6.28. The van der Waals surface area contributed by atoms with Gasteiger partial charge in [0.2, 0.25) is 9.84 Å². The topological polar surface area (TPSA) is 102 Å². The lowest BCUT2D eigenvalue weighted by Gasteiger charge is -2.21. The van der Waals surface area contributed by atoms with Gasteiger partial charge in [0.05, 0.1) is 4.90 Å². The Labute approximate surface area is 142 Å². The van der Waals surface area contributed by atoms with Gasteiger partial charge in [-0.2, -0.15) is 26.3 Å². The van der Waals surface area contributed by atoms with E-state index in [-0.39, 0.29) is 5.02 Å². The lowest BCUT2D eigenvalue weighted by molar-refractivity contribution is -0.0462. The Kier molecular flexibility index (Phi) is 5.52. The Morgan fingerprint density at radius 1 is 0.720 bits per heavy atom. The van der Waals surface area contributed by atoms with E-state index in [9.17, 15) is 51.6 Å². The second-order valence-corrected chi connectivity index (χ2v) is 11.7. The van der Waals surface area contributed by atoms with Crippen LogP contribution in [0.2, 0.25) is 5.02 Å². The standard InChI is InChI=1S/C9H5ClF6O6S3/c10-5-1-3-6(4-2-5)23(17,18)7(24(19,20)8(11,12)13)25(21,22)9(14,15)16/h1-4,7H. The van der Waals surface area contributed by atoms with Gasteiger partial charge in [-0.1, -0.05) is 11.6 Å². The third kappa shape index (κ3) is 3.88. The molecule has 25 heavy (non-hydrogen) atoms. The van der Waals surface area contributed by atoms with E-state index in [1.165, 1.54) is 0 Å². The lowest BCUT2D eigenvalue weighted by atomic mass is 10.4. The van der Waals surface area contributed by atoms with Crippen LogP contribution in [0.4, 0.5) is 26.3 Å². The first-order valence-corrected chi connectivity index (χ1v) is 10.5. The summed E-state index contributed by atoms with van der Waals surface area (Å²) in [7, 11) is -20.8. The molecule has 0 aliphatic heterocycles. The normalized spacial score (nSPS) is 14.7. The van der Waals surface area contributed by atoms with Crippen molar-refractivity contribution in [2.75, 3.05) is 0 Å². The van der Waals surface area contributed by atoms with E-state index >= 15 is 0 Å². The molecule has 6 nitrogen and oxygen atoms in total.